The maximum Gasteiger partial charge on any atom is 0.0220 e. The molecule has 0 aromatic carbocycles. The third-order valence-corrected chi connectivity index (χ3v) is 4.58. The minimum atomic E-state index is 0.663. The molecule has 0 saturated carbocycles. The Morgan fingerprint density at radius 1 is 1.12 bits per heavy atom. The Bertz CT molecular complexity index is 195. The molecular formula is C15H32N2. The van der Waals surface area contributed by atoms with Gasteiger partial charge in [-0.25, -0.2) is 0 Å². The third kappa shape index (κ3) is 4.26. The summed E-state index contributed by atoms with van der Waals surface area (Å²) in [4.78, 5) is 2.69. The van der Waals surface area contributed by atoms with Gasteiger partial charge in [0.15, 0.2) is 0 Å². The molecule has 17 heavy (non-hydrogen) atoms. The van der Waals surface area contributed by atoms with Crippen molar-refractivity contribution in [3.05, 3.63) is 0 Å². The summed E-state index contributed by atoms with van der Waals surface area (Å²) in [7, 11) is 0. The van der Waals surface area contributed by atoms with Crippen LogP contribution in [-0.4, -0.2) is 36.6 Å². The van der Waals surface area contributed by atoms with Crippen molar-refractivity contribution in [1.29, 1.82) is 0 Å². The highest BCUT2D eigenvalue weighted by atomic mass is 15.2. The fourth-order valence-electron chi connectivity index (χ4n) is 3.17. The first kappa shape index (κ1) is 15.0. The number of piperidine rings is 1. The van der Waals surface area contributed by atoms with Crippen molar-refractivity contribution in [3.8, 4) is 0 Å². The molecule has 102 valence electrons. The number of hydrogen-bond acceptors (Lipinski definition) is 2. The van der Waals surface area contributed by atoms with Gasteiger partial charge in [0.2, 0.25) is 0 Å². The zero-order chi connectivity index (χ0) is 12.8. The number of hydrogen-bond donors (Lipinski definition) is 1. The lowest BCUT2D eigenvalue weighted by Gasteiger charge is -2.40. The molecule has 2 nitrogen and oxygen atoms in total. The fourth-order valence-corrected chi connectivity index (χ4v) is 3.17. The van der Waals surface area contributed by atoms with Crippen LogP contribution in [0.3, 0.4) is 0 Å². The molecule has 1 saturated heterocycles. The van der Waals surface area contributed by atoms with Crippen molar-refractivity contribution >= 4 is 0 Å². The number of nitrogens with one attached hydrogen (secondary N) is 1. The minimum absolute atomic E-state index is 0.663. The molecule has 1 N–H and O–H groups in total. The molecule has 0 aromatic heterocycles. The Morgan fingerprint density at radius 2 is 1.71 bits per heavy atom. The van der Waals surface area contributed by atoms with Crippen LogP contribution in [-0.2, 0) is 0 Å². The van der Waals surface area contributed by atoms with Gasteiger partial charge in [-0.05, 0) is 57.7 Å². The fraction of sp³-hybridized carbons (Fsp3) is 1.00. The van der Waals surface area contributed by atoms with Crippen LogP contribution in [0.25, 0.3) is 0 Å². The van der Waals surface area contributed by atoms with Gasteiger partial charge in [-0.2, -0.15) is 0 Å². The summed E-state index contributed by atoms with van der Waals surface area (Å²) in [5.41, 5.74) is 0. The van der Waals surface area contributed by atoms with E-state index < -0.39 is 0 Å². The summed E-state index contributed by atoms with van der Waals surface area (Å²) in [5, 5.41) is 3.62. The monoisotopic (exact) mass is 240 g/mol. The Balaban J connectivity index is 2.41. The van der Waals surface area contributed by atoms with Gasteiger partial charge in [0.05, 0.1) is 0 Å². The molecule has 0 bridgehead atoms. The predicted octanol–water partition coefficient (Wildman–Crippen LogP) is 3.13. The van der Waals surface area contributed by atoms with E-state index in [1.54, 1.807) is 0 Å². The van der Waals surface area contributed by atoms with Crippen molar-refractivity contribution < 1.29 is 0 Å². The number of nitrogens with zero attached hydrogens (tertiary/aromatic N) is 1. The Labute approximate surface area is 108 Å². The lowest BCUT2D eigenvalue weighted by molar-refractivity contribution is 0.101. The van der Waals surface area contributed by atoms with E-state index in [9.17, 15) is 0 Å². The molecule has 0 radical (unpaired) electrons. The van der Waals surface area contributed by atoms with Crippen LogP contribution >= 0.6 is 0 Å². The van der Waals surface area contributed by atoms with Crippen molar-refractivity contribution in [3.63, 3.8) is 0 Å². The summed E-state index contributed by atoms with van der Waals surface area (Å²) >= 11 is 0. The first-order chi connectivity index (χ1) is 8.10. The molecule has 0 aromatic rings. The van der Waals surface area contributed by atoms with E-state index in [0.717, 1.165) is 18.4 Å². The van der Waals surface area contributed by atoms with Crippen LogP contribution in [0.1, 0.15) is 53.9 Å². The van der Waals surface area contributed by atoms with Crippen LogP contribution in [0, 0.1) is 11.8 Å². The van der Waals surface area contributed by atoms with Crippen molar-refractivity contribution in [2.45, 2.75) is 66.0 Å². The SMILES string of the molecule is CCNC(CC)C(C)N1CCC(C(C)C)CC1. The quantitative estimate of drug-likeness (QED) is 0.767. The second-order valence-corrected chi connectivity index (χ2v) is 5.93. The molecule has 1 aliphatic heterocycles. The van der Waals surface area contributed by atoms with Gasteiger partial charge >= 0.3 is 0 Å². The van der Waals surface area contributed by atoms with Gasteiger partial charge in [0.1, 0.15) is 0 Å². The molecular weight excluding hydrogens is 208 g/mol. The highest BCUT2D eigenvalue weighted by Gasteiger charge is 2.27. The van der Waals surface area contributed by atoms with E-state index in [-0.39, 0.29) is 0 Å². The third-order valence-electron chi connectivity index (χ3n) is 4.58. The summed E-state index contributed by atoms with van der Waals surface area (Å²) in [6, 6.07) is 1.35. The van der Waals surface area contributed by atoms with Gasteiger partial charge in [-0.1, -0.05) is 27.7 Å². The highest BCUT2D eigenvalue weighted by Crippen LogP contribution is 2.26. The summed E-state index contributed by atoms with van der Waals surface area (Å²) in [6.45, 7) is 15.3. The number of likely N-dealkylation sites (N-methyl/N-ethyl adjacent to an activating group) is 1. The maximum atomic E-state index is 3.62. The van der Waals surface area contributed by atoms with Crippen molar-refractivity contribution in [1.82, 2.24) is 10.2 Å². The molecule has 2 heteroatoms. The zero-order valence-corrected chi connectivity index (χ0v) is 12.5. The van der Waals surface area contributed by atoms with Crippen LogP contribution in [0.2, 0.25) is 0 Å². The standard InChI is InChI=1S/C15H32N2/c1-6-15(16-7-2)13(5)17-10-8-14(9-11-17)12(3)4/h12-16H,6-11H2,1-5H3. The molecule has 2 atom stereocenters. The molecule has 1 rings (SSSR count). The van der Waals surface area contributed by atoms with Crippen LogP contribution in [0.5, 0.6) is 0 Å². The van der Waals surface area contributed by atoms with E-state index >= 15 is 0 Å². The van der Waals surface area contributed by atoms with Gasteiger partial charge in [-0.3, -0.25) is 4.90 Å². The van der Waals surface area contributed by atoms with Crippen molar-refractivity contribution in [2.24, 2.45) is 11.8 Å². The smallest absolute Gasteiger partial charge is 0.0220 e. The average Bonchev–Trinajstić information content (AvgIpc) is 2.35. The lowest BCUT2D eigenvalue weighted by Crippen LogP contribution is -2.51. The Kier molecular flexibility index (Phi) is 6.50. The van der Waals surface area contributed by atoms with E-state index in [4.69, 9.17) is 0 Å². The van der Waals surface area contributed by atoms with Crippen LogP contribution in [0.15, 0.2) is 0 Å². The molecule has 1 heterocycles. The largest absolute Gasteiger partial charge is 0.313 e. The van der Waals surface area contributed by atoms with E-state index in [1.165, 1.54) is 32.4 Å². The average molecular weight is 240 g/mol. The van der Waals surface area contributed by atoms with Gasteiger partial charge in [-0.15, -0.1) is 0 Å². The molecule has 0 amide bonds. The second kappa shape index (κ2) is 7.38. The highest BCUT2D eigenvalue weighted by molar-refractivity contribution is 4.84. The molecule has 1 aliphatic rings. The van der Waals surface area contributed by atoms with Crippen LogP contribution < -0.4 is 5.32 Å². The predicted molar refractivity (Wildman–Crippen MR) is 76.4 cm³/mol. The molecule has 0 spiro atoms. The number of likely N-dealkylation sites (tertiary alicyclic amines) is 1. The zero-order valence-electron chi connectivity index (χ0n) is 12.5. The first-order valence-corrected chi connectivity index (χ1v) is 7.57. The topological polar surface area (TPSA) is 15.3 Å². The van der Waals surface area contributed by atoms with Gasteiger partial charge in [0.25, 0.3) is 0 Å². The van der Waals surface area contributed by atoms with Gasteiger partial charge in [0, 0.05) is 12.1 Å². The van der Waals surface area contributed by atoms with E-state index in [2.05, 4.69) is 44.8 Å². The van der Waals surface area contributed by atoms with E-state index in [0.29, 0.717) is 12.1 Å². The van der Waals surface area contributed by atoms with E-state index in [1.807, 2.05) is 0 Å². The summed E-state index contributed by atoms with van der Waals surface area (Å²) < 4.78 is 0. The maximum absolute atomic E-state index is 3.62. The molecule has 0 aliphatic carbocycles. The second-order valence-electron chi connectivity index (χ2n) is 5.93. The normalized spacial score (nSPS) is 22.9. The summed E-state index contributed by atoms with van der Waals surface area (Å²) in [6.07, 6.45) is 4.02. The molecule has 2 unspecified atom stereocenters. The first-order valence-electron chi connectivity index (χ1n) is 7.57. The van der Waals surface area contributed by atoms with Crippen LogP contribution in [0.4, 0.5) is 0 Å². The van der Waals surface area contributed by atoms with Gasteiger partial charge < -0.3 is 5.32 Å². The molecule has 1 fully saturated rings. The van der Waals surface area contributed by atoms with Crippen molar-refractivity contribution in [2.75, 3.05) is 19.6 Å². The Morgan fingerprint density at radius 3 is 2.12 bits per heavy atom. The number of rotatable bonds is 6. The summed E-state index contributed by atoms with van der Waals surface area (Å²) in [5.74, 6) is 1.82. The lowest BCUT2D eigenvalue weighted by atomic mass is 9.86. The Hall–Kier alpha value is -0.0800. The minimum Gasteiger partial charge on any atom is -0.313 e.